The van der Waals surface area contributed by atoms with Gasteiger partial charge in [-0.15, -0.1) is 0 Å². The van der Waals surface area contributed by atoms with Crippen LogP contribution in [-0.4, -0.2) is 0 Å². The molecule has 1 heteroatoms. The van der Waals surface area contributed by atoms with Crippen molar-refractivity contribution in [3.8, 4) is 11.1 Å². The van der Waals surface area contributed by atoms with Gasteiger partial charge < -0.3 is 0 Å². The van der Waals surface area contributed by atoms with Crippen LogP contribution in [0.3, 0.4) is 0 Å². The van der Waals surface area contributed by atoms with Gasteiger partial charge in [0.25, 0.3) is 0 Å². The molecule has 0 saturated heterocycles. The van der Waals surface area contributed by atoms with E-state index in [-0.39, 0.29) is 0 Å². The third-order valence-corrected chi connectivity index (χ3v) is 2.83. The summed E-state index contributed by atoms with van der Waals surface area (Å²) in [5, 5.41) is 0. The number of rotatable bonds is 2. The first-order valence-electron chi connectivity index (χ1n) is 5.44. The lowest BCUT2D eigenvalue weighted by molar-refractivity contribution is 0.486. The highest BCUT2D eigenvalue weighted by Crippen LogP contribution is 2.27. The molecule has 2 aromatic carbocycles. The zero-order chi connectivity index (χ0) is 11.5. The molecule has 0 atom stereocenters. The SMILES string of the molecule is Cc1ccc(-c2ccccc2CF)c(C)c1. The van der Waals surface area contributed by atoms with E-state index >= 15 is 0 Å². The molecule has 0 aromatic heterocycles. The smallest absolute Gasteiger partial charge is 0.115 e. The topological polar surface area (TPSA) is 0 Å². The van der Waals surface area contributed by atoms with Crippen LogP contribution < -0.4 is 0 Å². The summed E-state index contributed by atoms with van der Waals surface area (Å²) in [4.78, 5) is 0. The van der Waals surface area contributed by atoms with E-state index in [0.717, 1.165) is 16.7 Å². The summed E-state index contributed by atoms with van der Waals surface area (Å²) < 4.78 is 12.9. The maximum atomic E-state index is 12.9. The largest absolute Gasteiger partial charge is 0.246 e. The Kier molecular flexibility index (Phi) is 3.04. The van der Waals surface area contributed by atoms with E-state index in [0.29, 0.717) is 0 Å². The minimum absolute atomic E-state index is 0.413. The molecule has 16 heavy (non-hydrogen) atoms. The van der Waals surface area contributed by atoms with E-state index in [1.54, 1.807) is 0 Å². The highest BCUT2D eigenvalue weighted by molar-refractivity contribution is 5.70. The lowest BCUT2D eigenvalue weighted by atomic mass is 9.95. The van der Waals surface area contributed by atoms with E-state index in [4.69, 9.17) is 0 Å². The quantitative estimate of drug-likeness (QED) is 0.693. The lowest BCUT2D eigenvalue weighted by Crippen LogP contribution is -1.89. The van der Waals surface area contributed by atoms with Crippen molar-refractivity contribution >= 4 is 0 Å². The molecular formula is C15H15F. The molecule has 0 spiro atoms. The normalized spacial score (nSPS) is 10.4. The molecular weight excluding hydrogens is 199 g/mol. The monoisotopic (exact) mass is 214 g/mol. The second kappa shape index (κ2) is 4.48. The van der Waals surface area contributed by atoms with Crippen LogP contribution in [0, 0.1) is 13.8 Å². The Morgan fingerprint density at radius 3 is 2.38 bits per heavy atom. The van der Waals surface area contributed by atoms with Crippen molar-refractivity contribution in [3.63, 3.8) is 0 Å². The number of aryl methyl sites for hydroxylation is 2. The van der Waals surface area contributed by atoms with E-state index in [1.165, 1.54) is 11.1 Å². The van der Waals surface area contributed by atoms with Gasteiger partial charge in [-0.3, -0.25) is 0 Å². The van der Waals surface area contributed by atoms with E-state index in [2.05, 4.69) is 32.0 Å². The van der Waals surface area contributed by atoms with Crippen molar-refractivity contribution in [1.82, 2.24) is 0 Å². The molecule has 2 rings (SSSR count). The maximum Gasteiger partial charge on any atom is 0.115 e. The summed E-state index contributed by atoms with van der Waals surface area (Å²) in [5.41, 5.74) is 5.32. The van der Waals surface area contributed by atoms with Crippen molar-refractivity contribution in [2.24, 2.45) is 0 Å². The first kappa shape index (κ1) is 10.9. The molecule has 0 amide bonds. The first-order chi connectivity index (χ1) is 7.72. The molecule has 0 unspecified atom stereocenters. The van der Waals surface area contributed by atoms with Gasteiger partial charge in [-0.2, -0.15) is 0 Å². The zero-order valence-corrected chi connectivity index (χ0v) is 9.63. The van der Waals surface area contributed by atoms with Gasteiger partial charge in [-0.1, -0.05) is 48.0 Å². The summed E-state index contributed by atoms with van der Waals surface area (Å²) in [5.74, 6) is 0. The van der Waals surface area contributed by atoms with E-state index in [9.17, 15) is 4.39 Å². The van der Waals surface area contributed by atoms with Crippen LogP contribution >= 0.6 is 0 Å². The molecule has 0 nitrogen and oxygen atoms in total. The minimum Gasteiger partial charge on any atom is -0.246 e. The number of halogens is 1. The van der Waals surface area contributed by atoms with Gasteiger partial charge in [-0.25, -0.2) is 4.39 Å². The van der Waals surface area contributed by atoms with Crippen LogP contribution in [0.15, 0.2) is 42.5 Å². The molecule has 2 aromatic rings. The van der Waals surface area contributed by atoms with Crippen LogP contribution in [0.4, 0.5) is 4.39 Å². The zero-order valence-electron chi connectivity index (χ0n) is 9.63. The predicted octanol–water partition coefficient (Wildman–Crippen LogP) is 4.44. The molecule has 0 heterocycles. The van der Waals surface area contributed by atoms with Crippen molar-refractivity contribution in [3.05, 3.63) is 59.2 Å². The molecule has 0 radical (unpaired) electrons. The molecule has 0 bridgehead atoms. The standard InChI is InChI=1S/C15H15F/c1-11-7-8-14(12(2)9-11)15-6-4-3-5-13(15)10-16/h3-9H,10H2,1-2H3. The predicted molar refractivity (Wildman–Crippen MR) is 66.2 cm³/mol. The van der Waals surface area contributed by atoms with Crippen LogP contribution in [0.25, 0.3) is 11.1 Å². The Labute approximate surface area is 95.7 Å². The highest BCUT2D eigenvalue weighted by atomic mass is 19.1. The molecule has 0 fully saturated rings. The number of hydrogen-bond donors (Lipinski definition) is 0. The van der Waals surface area contributed by atoms with E-state index < -0.39 is 6.67 Å². The number of benzene rings is 2. The third kappa shape index (κ3) is 1.99. The van der Waals surface area contributed by atoms with Crippen molar-refractivity contribution < 1.29 is 4.39 Å². The van der Waals surface area contributed by atoms with Gasteiger partial charge >= 0.3 is 0 Å². The Morgan fingerprint density at radius 2 is 1.69 bits per heavy atom. The van der Waals surface area contributed by atoms with Gasteiger partial charge in [-0.05, 0) is 36.1 Å². The first-order valence-corrected chi connectivity index (χ1v) is 5.44. The molecule has 82 valence electrons. The van der Waals surface area contributed by atoms with Crippen LogP contribution in [0.2, 0.25) is 0 Å². The number of alkyl halides is 1. The maximum absolute atomic E-state index is 12.9. The van der Waals surface area contributed by atoms with E-state index in [1.807, 2.05) is 24.3 Å². The van der Waals surface area contributed by atoms with Crippen LogP contribution in [0.5, 0.6) is 0 Å². The van der Waals surface area contributed by atoms with Crippen molar-refractivity contribution in [2.75, 3.05) is 0 Å². The number of hydrogen-bond acceptors (Lipinski definition) is 0. The van der Waals surface area contributed by atoms with Gasteiger partial charge in [0.05, 0.1) is 0 Å². The second-order valence-corrected chi connectivity index (χ2v) is 4.11. The fourth-order valence-electron chi connectivity index (χ4n) is 2.02. The van der Waals surface area contributed by atoms with Gasteiger partial charge in [0, 0.05) is 0 Å². The Hall–Kier alpha value is -1.63. The molecule has 0 aliphatic rings. The molecule has 0 aliphatic heterocycles. The average molecular weight is 214 g/mol. The lowest BCUT2D eigenvalue weighted by Gasteiger charge is -2.10. The molecule has 0 N–H and O–H groups in total. The second-order valence-electron chi connectivity index (χ2n) is 4.11. The Morgan fingerprint density at radius 1 is 0.938 bits per heavy atom. The fourth-order valence-corrected chi connectivity index (χ4v) is 2.02. The third-order valence-electron chi connectivity index (χ3n) is 2.83. The molecule has 0 saturated carbocycles. The Bertz CT molecular complexity index is 501. The summed E-state index contributed by atoms with van der Waals surface area (Å²) in [6.07, 6.45) is 0. The van der Waals surface area contributed by atoms with Gasteiger partial charge in [0.2, 0.25) is 0 Å². The minimum atomic E-state index is -0.413. The molecule has 0 aliphatic carbocycles. The van der Waals surface area contributed by atoms with Crippen molar-refractivity contribution in [2.45, 2.75) is 20.5 Å². The fraction of sp³-hybridized carbons (Fsp3) is 0.200. The summed E-state index contributed by atoms with van der Waals surface area (Å²) in [7, 11) is 0. The summed E-state index contributed by atoms with van der Waals surface area (Å²) in [6, 6.07) is 13.9. The summed E-state index contributed by atoms with van der Waals surface area (Å²) >= 11 is 0. The highest BCUT2D eigenvalue weighted by Gasteiger charge is 2.06. The van der Waals surface area contributed by atoms with Crippen LogP contribution in [-0.2, 0) is 6.67 Å². The van der Waals surface area contributed by atoms with Crippen molar-refractivity contribution in [1.29, 1.82) is 0 Å². The Balaban J connectivity index is 2.58. The summed E-state index contributed by atoms with van der Waals surface area (Å²) in [6.45, 7) is 3.72. The average Bonchev–Trinajstić information content (AvgIpc) is 2.29. The van der Waals surface area contributed by atoms with Gasteiger partial charge in [0.15, 0.2) is 0 Å². The van der Waals surface area contributed by atoms with Gasteiger partial charge in [0.1, 0.15) is 6.67 Å². The van der Waals surface area contributed by atoms with Crippen LogP contribution in [0.1, 0.15) is 16.7 Å².